The third-order valence-electron chi connectivity index (χ3n) is 4.60. The Kier molecular flexibility index (Phi) is 2.87. The van der Waals surface area contributed by atoms with Gasteiger partial charge in [-0.3, -0.25) is 0 Å². The van der Waals surface area contributed by atoms with E-state index in [4.69, 9.17) is 0 Å². The van der Waals surface area contributed by atoms with E-state index in [1.54, 1.807) is 0 Å². The fourth-order valence-electron chi connectivity index (χ4n) is 3.57. The highest BCUT2D eigenvalue weighted by atomic mass is 16.3. The van der Waals surface area contributed by atoms with Crippen LogP contribution in [0.15, 0.2) is 48.6 Å². The Morgan fingerprint density at radius 1 is 1.22 bits per heavy atom. The summed E-state index contributed by atoms with van der Waals surface area (Å²) >= 11 is 0. The average Bonchev–Trinajstić information content (AvgIpc) is 2.59. The SMILES string of the molecule is C=C1[C@H]2[C@H](CO)C[C@@H]1C=C[C@H]2c1ccc(C)cc1. The van der Waals surface area contributed by atoms with Crippen molar-refractivity contribution in [2.45, 2.75) is 19.3 Å². The molecule has 1 saturated carbocycles. The molecule has 0 radical (unpaired) electrons. The highest BCUT2D eigenvalue weighted by Crippen LogP contribution is 2.51. The quantitative estimate of drug-likeness (QED) is 0.785. The number of benzene rings is 1. The molecule has 18 heavy (non-hydrogen) atoms. The molecule has 0 aromatic heterocycles. The van der Waals surface area contributed by atoms with Crippen LogP contribution >= 0.6 is 0 Å². The van der Waals surface area contributed by atoms with Crippen LogP contribution in [0.5, 0.6) is 0 Å². The summed E-state index contributed by atoms with van der Waals surface area (Å²) in [6, 6.07) is 8.76. The minimum Gasteiger partial charge on any atom is -0.396 e. The normalized spacial score (nSPS) is 34.0. The van der Waals surface area contributed by atoms with Gasteiger partial charge in [-0.1, -0.05) is 54.1 Å². The Hall–Kier alpha value is -1.34. The van der Waals surface area contributed by atoms with Gasteiger partial charge in [0.15, 0.2) is 0 Å². The van der Waals surface area contributed by atoms with Crippen LogP contribution in [-0.2, 0) is 0 Å². The van der Waals surface area contributed by atoms with Crippen LogP contribution < -0.4 is 0 Å². The predicted octanol–water partition coefficient (Wildman–Crippen LogP) is 3.45. The Labute approximate surface area is 109 Å². The molecule has 4 atom stereocenters. The third kappa shape index (κ3) is 1.74. The molecule has 1 aromatic rings. The van der Waals surface area contributed by atoms with Crippen LogP contribution in [-0.4, -0.2) is 11.7 Å². The van der Waals surface area contributed by atoms with E-state index >= 15 is 0 Å². The van der Waals surface area contributed by atoms with E-state index < -0.39 is 0 Å². The lowest BCUT2D eigenvalue weighted by atomic mass is 9.75. The number of hydrogen-bond acceptors (Lipinski definition) is 1. The van der Waals surface area contributed by atoms with E-state index in [1.807, 2.05) is 0 Å². The van der Waals surface area contributed by atoms with Gasteiger partial charge in [-0.15, -0.1) is 0 Å². The zero-order valence-electron chi connectivity index (χ0n) is 10.8. The summed E-state index contributed by atoms with van der Waals surface area (Å²) in [5.41, 5.74) is 3.96. The van der Waals surface area contributed by atoms with Crippen molar-refractivity contribution in [1.82, 2.24) is 0 Å². The number of hydrogen-bond donors (Lipinski definition) is 1. The van der Waals surface area contributed by atoms with Gasteiger partial charge in [-0.2, -0.15) is 0 Å². The molecule has 3 rings (SSSR count). The molecule has 0 saturated heterocycles. The maximum atomic E-state index is 9.57. The summed E-state index contributed by atoms with van der Waals surface area (Å²) in [6.45, 7) is 6.66. The largest absolute Gasteiger partial charge is 0.396 e. The Bertz CT molecular complexity index is 483. The van der Waals surface area contributed by atoms with Gasteiger partial charge < -0.3 is 5.11 Å². The van der Waals surface area contributed by atoms with Gasteiger partial charge in [0.05, 0.1) is 0 Å². The summed E-state index contributed by atoms with van der Waals surface area (Å²) in [7, 11) is 0. The summed E-state index contributed by atoms with van der Waals surface area (Å²) < 4.78 is 0. The van der Waals surface area contributed by atoms with Crippen molar-refractivity contribution < 1.29 is 5.11 Å². The van der Waals surface area contributed by atoms with Gasteiger partial charge in [0.2, 0.25) is 0 Å². The summed E-state index contributed by atoms with van der Waals surface area (Å²) in [4.78, 5) is 0. The van der Waals surface area contributed by atoms with Gasteiger partial charge in [0, 0.05) is 12.5 Å². The first-order valence-corrected chi connectivity index (χ1v) is 6.75. The highest BCUT2D eigenvalue weighted by molar-refractivity contribution is 5.37. The second-order valence-electron chi connectivity index (χ2n) is 5.71. The molecule has 0 spiro atoms. The first kappa shape index (κ1) is 11.7. The molecule has 2 aliphatic carbocycles. The Balaban J connectivity index is 1.97. The first-order valence-electron chi connectivity index (χ1n) is 6.75. The smallest absolute Gasteiger partial charge is 0.0465 e. The van der Waals surface area contributed by atoms with Gasteiger partial charge in [-0.05, 0) is 36.7 Å². The van der Waals surface area contributed by atoms with Gasteiger partial charge in [-0.25, -0.2) is 0 Å². The Morgan fingerprint density at radius 3 is 2.61 bits per heavy atom. The monoisotopic (exact) mass is 240 g/mol. The lowest BCUT2D eigenvalue weighted by molar-refractivity contribution is 0.196. The molecule has 0 unspecified atom stereocenters. The number of fused-ring (bicyclic) bond motifs is 2. The minimum atomic E-state index is 0.282. The van der Waals surface area contributed by atoms with Crippen molar-refractivity contribution in [3.63, 3.8) is 0 Å². The zero-order chi connectivity index (χ0) is 12.7. The van der Waals surface area contributed by atoms with E-state index in [2.05, 4.69) is 49.9 Å². The summed E-state index contributed by atoms with van der Waals surface area (Å²) in [6.07, 6.45) is 5.68. The topological polar surface area (TPSA) is 20.2 Å². The van der Waals surface area contributed by atoms with Crippen molar-refractivity contribution in [3.05, 3.63) is 59.7 Å². The highest BCUT2D eigenvalue weighted by Gasteiger charge is 2.42. The number of aliphatic hydroxyl groups excluding tert-OH is 1. The van der Waals surface area contributed by atoms with E-state index in [9.17, 15) is 5.11 Å². The number of aliphatic hydroxyl groups is 1. The summed E-state index contributed by atoms with van der Waals surface area (Å²) in [5.74, 6) is 1.69. The molecular formula is C17H20O. The Morgan fingerprint density at radius 2 is 1.94 bits per heavy atom. The maximum absolute atomic E-state index is 9.57. The van der Waals surface area contributed by atoms with E-state index in [1.165, 1.54) is 16.7 Å². The molecule has 1 aromatic carbocycles. The van der Waals surface area contributed by atoms with Crippen LogP contribution in [0, 0.1) is 24.7 Å². The molecule has 0 amide bonds. The third-order valence-corrected chi connectivity index (χ3v) is 4.60. The van der Waals surface area contributed by atoms with E-state index in [0.29, 0.717) is 23.7 Å². The molecular weight excluding hydrogens is 220 g/mol. The fraction of sp³-hybridized carbons (Fsp3) is 0.412. The van der Waals surface area contributed by atoms with Crippen molar-refractivity contribution >= 4 is 0 Å². The van der Waals surface area contributed by atoms with Crippen molar-refractivity contribution in [2.24, 2.45) is 17.8 Å². The van der Waals surface area contributed by atoms with Crippen LogP contribution in [0.2, 0.25) is 0 Å². The van der Waals surface area contributed by atoms with Crippen molar-refractivity contribution in [1.29, 1.82) is 0 Å². The maximum Gasteiger partial charge on any atom is 0.0465 e. The molecule has 0 aliphatic heterocycles. The number of allylic oxidation sites excluding steroid dienone is 3. The van der Waals surface area contributed by atoms with Crippen LogP contribution in [0.1, 0.15) is 23.5 Å². The van der Waals surface area contributed by atoms with Crippen LogP contribution in [0.25, 0.3) is 0 Å². The second kappa shape index (κ2) is 4.40. The van der Waals surface area contributed by atoms with Crippen LogP contribution in [0.4, 0.5) is 0 Å². The minimum absolute atomic E-state index is 0.282. The van der Waals surface area contributed by atoms with Crippen molar-refractivity contribution in [2.75, 3.05) is 6.61 Å². The van der Waals surface area contributed by atoms with Gasteiger partial charge in [0.25, 0.3) is 0 Å². The van der Waals surface area contributed by atoms with Crippen molar-refractivity contribution in [3.8, 4) is 0 Å². The first-order chi connectivity index (χ1) is 8.70. The lowest BCUT2D eigenvalue weighted by Gasteiger charge is -2.29. The van der Waals surface area contributed by atoms with Gasteiger partial charge in [0.1, 0.15) is 0 Å². The lowest BCUT2D eigenvalue weighted by Crippen LogP contribution is -2.21. The molecule has 1 nitrogen and oxygen atoms in total. The zero-order valence-corrected chi connectivity index (χ0v) is 10.8. The molecule has 1 heteroatoms. The standard InChI is InChI=1S/C17H20O/c1-11-3-5-13(6-4-11)16-8-7-14-9-15(10-18)17(16)12(14)2/h3-8,14-18H,2,9-10H2,1H3/t14-,15-,16-,17-/m0/s1. The molecule has 1 fully saturated rings. The van der Waals surface area contributed by atoms with E-state index in [0.717, 1.165) is 6.42 Å². The predicted molar refractivity (Wildman–Crippen MR) is 74.4 cm³/mol. The molecule has 94 valence electrons. The molecule has 0 heterocycles. The molecule has 2 aliphatic rings. The molecule has 1 N–H and O–H groups in total. The average molecular weight is 240 g/mol. The number of rotatable bonds is 2. The fourth-order valence-corrected chi connectivity index (χ4v) is 3.57. The molecule has 2 bridgehead atoms. The van der Waals surface area contributed by atoms with E-state index in [-0.39, 0.29) is 6.61 Å². The summed E-state index contributed by atoms with van der Waals surface area (Å²) in [5, 5.41) is 9.57. The second-order valence-corrected chi connectivity index (χ2v) is 5.71. The van der Waals surface area contributed by atoms with Gasteiger partial charge >= 0.3 is 0 Å². The number of aryl methyl sites for hydroxylation is 1. The van der Waals surface area contributed by atoms with Crippen LogP contribution in [0.3, 0.4) is 0 Å².